The van der Waals surface area contributed by atoms with Gasteiger partial charge < -0.3 is 10.1 Å². The second-order valence-corrected chi connectivity index (χ2v) is 3.57. The van der Waals surface area contributed by atoms with Crippen LogP contribution in [-0.2, 0) is 4.79 Å². The molecule has 0 saturated heterocycles. The number of hydrogen-bond acceptors (Lipinski definition) is 3. The molecule has 0 radical (unpaired) electrons. The van der Waals surface area contributed by atoms with Gasteiger partial charge in [0.05, 0.1) is 0 Å². The van der Waals surface area contributed by atoms with Crippen LogP contribution in [0.15, 0.2) is 12.3 Å². The van der Waals surface area contributed by atoms with E-state index >= 15 is 0 Å². The van der Waals surface area contributed by atoms with Crippen molar-refractivity contribution in [2.75, 3.05) is 11.9 Å². The van der Waals surface area contributed by atoms with E-state index in [1.54, 1.807) is 6.20 Å². The molecule has 74 valence electrons. The Kier molecular flexibility index (Phi) is 2.11. The first-order valence-electron chi connectivity index (χ1n) is 4.60. The smallest absolute Gasteiger partial charge is 0.263 e. The summed E-state index contributed by atoms with van der Waals surface area (Å²) in [7, 11) is 0. The Morgan fingerprint density at radius 3 is 3.07 bits per heavy atom. The van der Waals surface area contributed by atoms with E-state index in [-0.39, 0.29) is 12.5 Å². The van der Waals surface area contributed by atoms with Crippen LogP contribution in [0.4, 0.5) is 5.82 Å². The highest BCUT2D eigenvalue weighted by molar-refractivity contribution is 5.94. The summed E-state index contributed by atoms with van der Waals surface area (Å²) in [5.74, 6) is 1.46. The molecule has 1 N–H and O–H groups in total. The number of rotatable bonds is 1. The Balaban J connectivity index is 2.46. The van der Waals surface area contributed by atoms with Gasteiger partial charge in [0.2, 0.25) is 0 Å². The van der Waals surface area contributed by atoms with Crippen molar-refractivity contribution in [3.8, 4) is 5.75 Å². The number of nitrogens with zero attached hydrogens (tertiary/aromatic N) is 1. The van der Waals surface area contributed by atoms with Crippen LogP contribution in [-0.4, -0.2) is 17.5 Å². The van der Waals surface area contributed by atoms with Gasteiger partial charge in [0.1, 0.15) is 0 Å². The maximum Gasteiger partial charge on any atom is 0.263 e. The van der Waals surface area contributed by atoms with Crippen LogP contribution in [0.3, 0.4) is 0 Å². The number of amides is 1. The van der Waals surface area contributed by atoms with Crippen molar-refractivity contribution >= 4 is 11.7 Å². The highest BCUT2D eigenvalue weighted by Gasteiger charge is 2.21. The number of carbonyl (C=O) groups is 1. The summed E-state index contributed by atoms with van der Waals surface area (Å²) in [6.07, 6.45) is 1.68. The molecule has 0 saturated carbocycles. The van der Waals surface area contributed by atoms with Crippen molar-refractivity contribution in [1.82, 2.24) is 4.98 Å². The van der Waals surface area contributed by atoms with Crippen LogP contribution in [0.25, 0.3) is 0 Å². The molecule has 0 spiro atoms. The molecule has 1 aliphatic rings. The van der Waals surface area contributed by atoms with Crippen molar-refractivity contribution in [2.45, 2.75) is 19.8 Å². The summed E-state index contributed by atoms with van der Waals surface area (Å²) in [5.41, 5.74) is 1.08. The van der Waals surface area contributed by atoms with Gasteiger partial charge >= 0.3 is 0 Å². The second-order valence-electron chi connectivity index (χ2n) is 3.57. The lowest BCUT2D eigenvalue weighted by molar-refractivity contribution is -0.118. The predicted octanol–water partition coefficient (Wildman–Crippen LogP) is 1.54. The van der Waals surface area contributed by atoms with Gasteiger partial charge in [-0.15, -0.1) is 0 Å². The summed E-state index contributed by atoms with van der Waals surface area (Å²) < 4.78 is 5.35. The Morgan fingerprint density at radius 1 is 1.57 bits per heavy atom. The zero-order valence-corrected chi connectivity index (χ0v) is 8.20. The number of anilines is 1. The first-order chi connectivity index (χ1) is 6.68. The summed E-state index contributed by atoms with van der Waals surface area (Å²) in [6.45, 7) is 4.24. The number of ether oxygens (including phenoxy) is 1. The predicted molar refractivity (Wildman–Crippen MR) is 52.5 cm³/mol. The van der Waals surface area contributed by atoms with E-state index in [0.29, 0.717) is 17.5 Å². The van der Waals surface area contributed by atoms with E-state index in [0.717, 1.165) is 5.56 Å². The van der Waals surface area contributed by atoms with E-state index in [1.165, 1.54) is 0 Å². The van der Waals surface area contributed by atoms with Crippen LogP contribution >= 0.6 is 0 Å². The average molecular weight is 192 g/mol. The first-order valence-corrected chi connectivity index (χ1v) is 4.60. The van der Waals surface area contributed by atoms with Gasteiger partial charge in [-0.1, -0.05) is 13.8 Å². The summed E-state index contributed by atoms with van der Waals surface area (Å²) in [5, 5.41) is 2.68. The fourth-order valence-corrected chi connectivity index (χ4v) is 1.46. The third kappa shape index (κ3) is 1.43. The molecule has 4 heteroatoms. The van der Waals surface area contributed by atoms with Gasteiger partial charge in [-0.25, -0.2) is 4.98 Å². The largest absolute Gasteiger partial charge is 0.480 e. The molecular weight excluding hydrogens is 180 g/mol. The molecule has 1 amide bonds. The molecule has 0 bridgehead atoms. The highest BCUT2D eigenvalue weighted by atomic mass is 16.5. The first kappa shape index (κ1) is 8.99. The molecule has 2 heterocycles. The van der Waals surface area contributed by atoms with Gasteiger partial charge in [0.15, 0.2) is 18.2 Å². The third-order valence-electron chi connectivity index (χ3n) is 2.16. The van der Waals surface area contributed by atoms with Crippen LogP contribution in [0, 0.1) is 0 Å². The van der Waals surface area contributed by atoms with E-state index in [2.05, 4.69) is 24.1 Å². The number of fused-ring (bicyclic) bond motifs is 1. The number of hydrogen-bond donors (Lipinski definition) is 1. The zero-order chi connectivity index (χ0) is 10.1. The number of pyridine rings is 1. The van der Waals surface area contributed by atoms with Gasteiger partial charge in [-0.05, 0) is 12.0 Å². The Morgan fingerprint density at radius 2 is 2.36 bits per heavy atom. The maximum atomic E-state index is 11.0. The minimum absolute atomic E-state index is 0.0818. The SMILES string of the molecule is CC(C)c1ccnc2c1OCC(=O)N2. The summed E-state index contributed by atoms with van der Waals surface area (Å²) >= 11 is 0. The van der Waals surface area contributed by atoms with Gasteiger partial charge in [0, 0.05) is 11.8 Å². The molecular formula is C10H12N2O2. The summed E-state index contributed by atoms with van der Waals surface area (Å²) in [6, 6.07) is 1.92. The number of nitrogens with one attached hydrogen (secondary N) is 1. The van der Waals surface area contributed by atoms with Crippen molar-refractivity contribution < 1.29 is 9.53 Å². The quantitative estimate of drug-likeness (QED) is 0.734. The molecule has 0 unspecified atom stereocenters. The Labute approximate surface area is 82.3 Å². The maximum absolute atomic E-state index is 11.0. The minimum Gasteiger partial charge on any atom is -0.480 e. The van der Waals surface area contributed by atoms with Crippen LogP contribution in [0.1, 0.15) is 25.3 Å². The van der Waals surface area contributed by atoms with Gasteiger partial charge in [-0.3, -0.25) is 4.79 Å². The molecule has 0 aromatic carbocycles. The lowest BCUT2D eigenvalue weighted by Crippen LogP contribution is -2.26. The van der Waals surface area contributed by atoms with E-state index < -0.39 is 0 Å². The van der Waals surface area contributed by atoms with E-state index in [9.17, 15) is 4.79 Å². The normalized spacial score (nSPS) is 14.6. The topological polar surface area (TPSA) is 51.2 Å². The van der Waals surface area contributed by atoms with Crippen LogP contribution in [0.5, 0.6) is 5.75 Å². The lowest BCUT2D eigenvalue weighted by Gasteiger charge is -2.20. The molecule has 14 heavy (non-hydrogen) atoms. The molecule has 0 fully saturated rings. The number of aromatic nitrogens is 1. The minimum atomic E-state index is -0.147. The lowest BCUT2D eigenvalue weighted by atomic mass is 10.0. The third-order valence-corrected chi connectivity index (χ3v) is 2.16. The molecule has 0 aliphatic carbocycles. The highest BCUT2D eigenvalue weighted by Crippen LogP contribution is 2.33. The van der Waals surface area contributed by atoms with Gasteiger partial charge in [-0.2, -0.15) is 0 Å². The number of carbonyl (C=O) groups excluding carboxylic acids is 1. The molecule has 4 nitrogen and oxygen atoms in total. The fourth-order valence-electron chi connectivity index (χ4n) is 1.46. The van der Waals surface area contributed by atoms with Crippen molar-refractivity contribution in [1.29, 1.82) is 0 Å². The average Bonchev–Trinajstić information content (AvgIpc) is 2.16. The Hall–Kier alpha value is -1.58. The van der Waals surface area contributed by atoms with Crippen molar-refractivity contribution in [3.63, 3.8) is 0 Å². The molecule has 2 rings (SSSR count). The molecule has 1 aromatic heterocycles. The van der Waals surface area contributed by atoms with Crippen LogP contribution < -0.4 is 10.1 Å². The van der Waals surface area contributed by atoms with E-state index in [1.807, 2.05) is 6.07 Å². The molecule has 1 aliphatic heterocycles. The van der Waals surface area contributed by atoms with E-state index in [4.69, 9.17) is 4.74 Å². The van der Waals surface area contributed by atoms with Crippen molar-refractivity contribution in [2.24, 2.45) is 0 Å². The standard InChI is InChI=1S/C10H12N2O2/c1-6(2)7-3-4-11-10-9(7)14-5-8(13)12-10/h3-4,6H,5H2,1-2H3,(H,11,12,13). The second kappa shape index (κ2) is 3.29. The van der Waals surface area contributed by atoms with Crippen molar-refractivity contribution in [3.05, 3.63) is 17.8 Å². The van der Waals surface area contributed by atoms with Gasteiger partial charge in [0.25, 0.3) is 5.91 Å². The van der Waals surface area contributed by atoms with Crippen LogP contribution in [0.2, 0.25) is 0 Å². The molecule has 1 aromatic rings. The zero-order valence-electron chi connectivity index (χ0n) is 8.20. The Bertz CT molecular complexity index is 374. The fraction of sp³-hybridized carbons (Fsp3) is 0.400. The summed E-state index contributed by atoms with van der Waals surface area (Å²) in [4.78, 5) is 15.1. The monoisotopic (exact) mass is 192 g/mol. The molecule has 0 atom stereocenters.